The van der Waals surface area contributed by atoms with Crippen molar-refractivity contribution in [3.8, 4) is 0 Å². The predicted octanol–water partition coefficient (Wildman–Crippen LogP) is 4.26. The average molecular weight is 379 g/mol. The molecule has 1 saturated heterocycles. The molecule has 0 radical (unpaired) electrons. The quantitative estimate of drug-likeness (QED) is 0.842. The second-order valence-corrected chi connectivity index (χ2v) is 6.64. The van der Waals surface area contributed by atoms with Gasteiger partial charge in [-0.15, -0.1) is 12.4 Å². The second kappa shape index (κ2) is 9.81. The average Bonchev–Trinajstić information content (AvgIpc) is 2.62. The monoisotopic (exact) mass is 378 g/mol. The van der Waals surface area contributed by atoms with Crippen LogP contribution in [-0.4, -0.2) is 30.4 Å². The Morgan fingerprint density at radius 1 is 1.16 bits per heavy atom. The molecule has 1 aliphatic rings. The molecule has 3 nitrogen and oxygen atoms in total. The van der Waals surface area contributed by atoms with Crippen LogP contribution in [0.4, 0.5) is 0 Å². The summed E-state index contributed by atoms with van der Waals surface area (Å²) in [7, 11) is 0. The van der Waals surface area contributed by atoms with E-state index in [0.717, 1.165) is 43.1 Å². The fourth-order valence-corrected chi connectivity index (χ4v) is 3.45. The molecule has 0 spiro atoms. The van der Waals surface area contributed by atoms with Crippen molar-refractivity contribution >= 4 is 29.9 Å². The first-order valence-electron chi connectivity index (χ1n) is 8.53. The van der Waals surface area contributed by atoms with E-state index >= 15 is 0 Å². The van der Waals surface area contributed by atoms with E-state index in [9.17, 15) is 4.79 Å². The number of amides is 1. The highest BCUT2D eigenvalue weighted by Crippen LogP contribution is 2.25. The molecule has 1 fully saturated rings. The molecule has 1 amide bonds. The molecular weight excluding hydrogens is 355 g/mol. The molecule has 3 rings (SSSR count). The van der Waals surface area contributed by atoms with Crippen LogP contribution in [0.25, 0.3) is 0 Å². The fourth-order valence-electron chi connectivity index (χ4n) is 3.25. The topological polar surface area (TPSA) is 32.3 Å². The van der Waals surface area contributed by atoms with E-state index in [1.807, 2.05) is 47.4 Å². The van der Waals surface area contributed by atoms with Crippen molar-refractivity contribution in [1.29, 1.82) is 0 Å². The van der Waals surface area contributed by atoms with Gasteiger partial charge in [0.1, 0.15) is 0 Å². The normalized spacial score (nSPS) is 17.0. The van der Waals surface area contributed by atoms with Gasteiger partial charge in [-0.3, -0.25) is 4.79 Å². The van der Waals surface area contributed by atoms with E-state index in [-0.39, 0.29) is 24.4 Å². The molecule has 1 N–H and O–H groups in total. The number of hydrogen-bond donors (Lipinski definition) is 1. The zero-order valence-corrected chi connectivity index (χ0v) is 15.7. The number of carbonyl (C=O) groups is 1. The van der Waals surface area contributed by atoms with E-state index in [4.69, 9.17) is 11.6 Å². The zero-order chi connectivity index (χ0) is 16.8. The van der Waals surface area contributed by atoms with Gasteiger partial charge in [0.05, 0.1) is 6.04 Å². The minimum Gasteiger partial charge on any atom is -0.333 e. The van der Waals surface area contributed by atoms with Gasteiger partial charge < -0.3 is 10.2 Å². The molecule has 1 heterocycles. The molecule has 1 atom stereocenters. The number of benzene rings is 2. The lowest BCUT2D eigenvalue weighted by Crippen LogP contribution is -2.48. The van der Waals surface area contributed by atoms with Crippen LogP contribution >= 0.6 is 24.0 Å². The Balaban J connectivity index is 0.00000225. The molecule has 1 aliphatic heterocycles. The maximum Gasteiger partial charge on any atom is 0.223 e. The largest absolute Gasteiger partial charge is 0.333 e. The minimum absolute atomic E-state index is 0. The first-order chi connectivity index (χ1) is 11.7. The highest BCUT2D eigenvalue weighted by atomic mass is 35.5. The van der Waals surface area contributed by atoms with E-state index in [1.165, 1.54) is 5.56 Å². The fraction of sp³-hybridized carbons (Fsp3) is 0.350. The third-order valence-electron chi connectivity index (χ3n) is 4.50. The van der Waals surface area contributed by atoms with Gasteiger partial charge in [0.15, 0.2) is 0 Å². The van der Waals surface area contributed by atoms with E-state index in [0.29, 0.717) is 6.42 Å². The number of piperazine rings is 1. The van der Waals surface area contributed by atoms with Crippen LogP contribution in [0.1, 0.15) is 30.0 Å². The van der Waals surface area contributed by atoms with Gasteiger partial charge >= 0.3 is 0 Å². The Morgan fingerprint density at radius 3 is 2.72 bits per heavy atom. The van der Waals surface area contributed by atoms with Gasteiger partial charge in [0.2, 0.25) is 5.91 Å². The third-order valence-corrected chi connectivity index (χ3v) is 4.73. The van der Waals surface area contributed by atoms with Crippen LogP contribution < -0.4 is 5.32 Å². The van der Waals surface area contributed by atoms with Gasteiger partial charge in [-0.25, -0.2) is 0 Å². The minimum atomic E-state index is 0. The Morgan fingerprint density at radius 2 is 1.96 bits per heavy atom. The second-order valence-electron chi connectivity index (χ2n) is 6.20. The highest BCUT2D eigenvalue weighted by molar-refractivity contribution is 6.30. The van der Waals surface area contributed by atoms with Crippen molar-refractivity contribution in [1.82, 2.24) is 10.2 Å². The Kier molecular flexibility index (Phi) is 7.76. The summed E-state index contributed by atoms with van der Waals surface area (Å²) < 4.78 is 0. The summed E-state index contributed by atoms with van der Waals surface area (Å²) in [6, 6.07) is 18.2. The summed E-state index contributed by atoms with van der Waals surface area (Å²) in [5, 5.41) is 4.10. The Hall–Kier alpha value is -1.55. The number of aryl methyl sites for hydroxylation is 1. The first-order valence-corrected chi connectivity index (χ1v) is 8.91. The summed E-state index contributed by atoms with van der Waals surface area (Å²) in [5.74, 6) is 0.234. The standard InChI is InChI=1S/C20H23ClN2O.ClH/c21-18-10-5-9-17(14-18)19-15-22-12-13-23(19)20(24)11-4-8-16-6-2-1-3-7-16;/h1-3,5-7,9-10,14,19,22H,4,8,11-13,15H2;1H. The van der Waals surface area contributed by atoms with Crippen molar-refractivity contribution in [2.45, 2.75) is 25.3 Å². The first kappa shape index (κ1) is 19.8. The van der Waals surface area contributed by atoms with Crippen molar-refractivity contribution in [3.05, 3.63) is 70.7 Å². The van der Waals surface area contributed by atoms with E-state index < -0.39 is 0 Å². The Bertz CT molecular complexity index is 678. The van der Waals surface area contributed by atoms with Crippen LogP contribution in [0.15, 0.2) is 54.6 Å². The van der Waals surface area contributed by atoms with Gasteiger partial charge in [0, 0.05) is 31.1 Å². The predicted molar refractivity (Wildman–Crippen MR) is 105 cm³/mol. The molecule has 1 unspecified atom stereocenters. The van der Waals surface area contributed by atoms with Crippen LogP contribution in [0.3, 0.4) is 0 Å². The van der Waals surface area contributed by atoms with Crippen LogP contribution in [0, 0.1) is 0 Å². The summed E-state index contributed by atoms with van der Waals surface area (Å²) in [5.41, 5.74) is 2.39. The van der Waals surface area contributed by atoms with E-state index in [2.05, 4.69) is 17.4 Å². The molecule has 2 aromatic rings. The molecule has 134 valence electrons. The molecular formula is C20H24Cl2N2O. The summed E-state index contributed by atoms with van der Waals surface area (Å²) in [6.07, 6.45) is 2.42. The molecule has 0 bridgehead atoms. The number of halogens is 2. The molecule has 25 heavy (non-hydrogen) atoms. The lowest BCUT2D eigenvalue weighted by Gasteiger charge is -2.36. The number of rotatable bonds is 5. The summed E-state index contributed by atoms with van der Waals surface area (Å²) in [4.78, 5) is 14.7. The van der Waals surface area contributed by atoms with Gasteiger partial charge in [-0.2, -0.15) is 0 Å². The molecule has 0 aliphatic carbocycles. The number of nitrogens with one attached hydrogen (secondary N) is 1. The maximum atomic E-state index is 12.7. The van der Waals surface area contributed by atoms with Crippen molar-refractivity contribution in [3.63, 3.8) is 0 Å². The molecule has 2 aromatic carbocycles. The zero-order valence-electron chi connectivity index (χ0n) is 14.2. The highest BCUT2D eigenvalue weighted by Gasteiger charge is 2.27. The molecule has 0 saturated carbocycles. The third kappa shape index (κ3) is 5.46. The van der Waals surface area contributed by atoms with Gasteiger partial charge in [-0.05, 0) is 36.1 Å². The smallest absolute Gasteiger partial charge is 0.223 e. The lowest BCUT2D eigenvalue weighted by molar-refractivity contribution is -0.134. The van der Waals surface area contributed by atoms with Crippen molar-refractivity contribution < 1.29 is 4.79 Å². The van der Waals surface area contributed by atoms with Crippen molar-refractivity contribution in [2.75, 3.05) is 19.6 Å². The van der Waals surface area contributed by atoms with E-state index in [1.54, 1.807) is 0 Å². The van der Waals surface area contributed by atoms with Gasteiger partial charge in [0.25, 0.3) is 0 Å². The SMILES string of the molecule is Cl.O=C(CCCc1ccccc1)N1CCNCC1c1cccc(Cl)c1. The van der Waals surface area contributed by atoms with Crippen LogP contribution in [-0.2, 0) is 11.2 Å². The summed E-state index contributed by atoms with van der Waals surface area (Å²) in [6.45, 7) is 2.38. The van der Waals surface area contributed by atoms with Crippen LogP contribution in [0.5, 0.6) is 0 Å². The number of nitrogens with zero attached hydrogens (tertiary/aromatic N) is 1. The molecule has 0 aromatic heterocycles. The Labute approximate surface area is 160 Å². The van der Waals surface area contributed by atoms with Crippen molar-refractivity contribution in [2.24, 2.45) is 0 Å². The van der Waals surface area contributed by atoms with Gasteiger partial charge in [-0.1, -0.05) is 54.1 Å². The number of carbonyl (C=O) groups excluding carboxylic acids is 1. The van der Waals surface area contributed by atoms with Crippen LogP contribution in [0.2, 0.25) is 5.02 Å². The maximum absolute atomic E-state index is 12.7. The summed E-state index contributed by atoms with van der Waals surface area (Å²) >= 11 is 6.12. The molecule has 5 heteroatoms. The lowest BCUT2D eigenvalue weighted by atomic mass is 10.0. The number of hydrogen-bond acceptors (Lipinski definition) is 2.